The maximum absolute atomic E-state index is 11.8. The van der Waals surface area contributed by atoms with Crippen molar-refractivity contribution in [3.05, 3.63) is 64.1 Å². The lowest BCUT2D eigenvalue weighted by Crippen LogP contribution is -2.18. The van der Waals surface area contributed by atoms with E-state index in [9.17, 15) is 4.79 Å². The van der Waals surface area contributed by atoms with Gasteiger partial charge in [-0.25, -0.2) is 5.43 Å². The maximum Gasteiger partial charge on any atom is 0.240 e. The molecule has 0 spiro atoms. The summed E-state index contributed by atoms with van der Waals surface area (Å²) in [5.74, 6) is 0.542. The van der Waals surface area contributed by atoms with Crippen molar-refractivity contribution in [3.63, 3.8) is 0 Å². The summed E-state index contributed by atoms with van der Waals surface area (Å²) in [6.45, 7) is 2.41. The van der Waals surface area contributed by atoms with Gasteiger partial charge in [0, 0.05) is 23.6 Å². The summed E-state index contributed by atoms with van der Waals surface area (Å²) in [4.78, 5) is 11.8. The molecule has 132 valence electrons. The molecule has 2 rings (SSSR count). The van der Waals surface area contributed by atoms with E-state index in [0.29, 0.717) is 35.2 Å². The first-order chi connectivity index (χ1) is 12.1. The Morgan fingerprint density at radius 3 is 2.72 bits per heavy atom. The first kappa shape index (κ1) is 19.3. The molecule has 0 unspecified atom stereocenters. The normalized spacial score (nSPS) is 12.1. The minimum Gasteiger partial charge on any atom is -0.492 e. The van der Waals surface area contributed by atoms with E-state index in [1.807, 2.05) is 37.3 Å². The average molecular weight is 379 g/mol. The summed E-state index contributed by atoms with van der Waals surface area (Å²) in [5.41, 5.74) is 3.68. The van der Waals surface area contributed by atoms with E-state index < -0.39 is 0 Å². The minimum atomic E-state index is -0.151. The van der Waals surface area contributed by atoms with Gasteiger partial charge in [0.15, 0.2) is 0 Å². The molecular weight excluding hydrogens is 359 g/mol. The van der Waals surface area contributed by atoms with Gasteiger partial charge in [-0.1, -0.05) is 60.5 Å². The highest BCUT2D eigenvalue weighted by Gasteiger charge is 2.05. The van der Waals surface area contributed by atoms with Gasteiger partial charge in [-0.15, -0.1) is 0 Å². The molecule has 1 atom stereocenters. The average Bonchev–Trinajstić information content (AvgIpc) is 2.61. The Balaban J connectivity index is 1.66. The van der Waals surface area contributed by atoms with E-state index in [2.05, 4.69) is 10.5 Å². The number of halogens is 2. The van der Waals surface area contributed by atoms with Gasteiger partial charge in [0.05, 0.1) is 11.6 Å². The summed E-state index contributed by atoms with van der Waals surface area (Å²) < 4.78 is 5.53. The van der Waals surface area contributed by atoms with Gasteiger partial charge in [-0.05, 0) is 30.2 Å². The second-order valence-corrected chi connectivity index (χ2v) is 6.38. The third kappa shape index (κ3) is 6.77. The van der Waals surface area contributed by atoms with Crippen LogP contribution < -0.4 is 10.2 Å². The Labute approximate surface area is 157 Å². The Morgan fingerprint density at radius 1 is 1.24 bits per heavy atom. The van der Waals surface area contributed by atoms with Crippen LogP contribution >= 0.6 is 23.2 Å². The van der Waals surface area contributed by atoms with Crippen LogP contribution in [-0.2, 0) is 4.79 Å². The molecule has 0 aliphatic carbocycles. The zero-order valence-corrected chi connectivity index (χ0v) is 15.4. The number of benzene rings is 2. The van der Waals surface area contributed by atoms with Crippen LogP contribution in [0.5, 0.6) is 5.75 Å². The first-order valence-corrected chi connectivity index (χ1v) is 8.76. The monoisotopic (exact) mass is 378 g/mol. The summed E-state index contributed by atoms with van der Waals surface area (Å²) in [6, 6.07) is 15.0. The molecule has 0 bridgehead atoms. The topological polar surface area (TPSA) is 50.7 Å². The number of nitrogens with one attached hydrogen (secondary N) is 1. The molecule has 0 aromatic heterocycles. The van der Waals surface area contributed by atoms with Crippen LogP contribution in [0.3, 0.4) is 0 Å². The Morgan fingerprint density at radius 2 is 2.00 bits per heavy atom. The molecule has 0 radical (unpaired) electrons. The molecule has 6 heteroatoms. The Hall–Kier alpha value is -2.04. The minimum absolute atomic E-state index is 0.136. The summed E-state index contributed by atoms with van der Waals surface area (Å²) >= 11 is 11.8. The van der Waals surface area contributed by atoms with Crippen LogP contribution in [0, 0.1) is 0 Å². The SMILES string of the molecule is C[C@@H](/C=N\NC(=O)CCCOc1ccc(Cl)cc1Cl)c1ccccc1. The van der Waals surface area contributed by atoms with Gasteiger partial charge < -0.3 is 4.74 Å². The van der Waals surface area contributed by atoms with Gasteiger partial charge in [0.1, 0.15) is 5.75 Å². The molecule has 0 heterocycles. The van der Waals surface area contributed by atoms with E-state index in [1.165, 1.54) is 0 Å². The molecule has 0 aliphatic heterocycles. The fourth-order valence-electron chi connectivity index (χ4n) is 2.13. The number of hydrazone groups is 1. The van der Waals surface area contributed by atoms with Crippen molar-refractivity contribution in [2.45, 2.75) is 25.7 Å². The van der Waals surface area contributed by atoms with Crippen molar-refractivity contribution in [2.75, 3.05) is 6.61 Å². The van der Waals surface area contributed by atoms with Crippen LogP contribution in [0.25, 0.3) is 0 Å². The second kappa shape index (κ2) is 10.1. The molecule has 1 amide bonds. The van der Waals surface area contributed by atoms with Crippen molar-refractivity contribution in [1.82, 2.24) is 5.43 Å². The van der Waals surface area contributed by atoms with Crippen molar-refractivity contribution >= 4 is 35.3 Å². The smallest absolute Gasteiger partial charge is 0.240 e. The van der Waals surface area contributed by atoms with Gasteiger partial charge in [0.2, 0.25) is 5.91 Å². The maximum atomic E-state index is 11.8. The zero-order valence-electron chi connectivity index (χ0n) is 13.9. The van der Waals surface area contributed by atoms with Crippen LogP contribution in [0.15, 0.2) is 53.6 Å². The van der Waals surface area contributed by atoms with Gasteiger partial charge in [-0.3, -0.25) is 4.79 Å². The molecule has 0 saturated heterocycles. The highest BCUT2D eigenvalue weighted by atomic mass is 35.5. The van der Waals surface area contributed by atoms with E-state index in [1.54, 1.807) is 24.4 Å². The summed E-state index contributed by atoms with van der Waals surface area (Å²) in [5, 5.41) is 5.02. The molecule has 1 N–H and O–H groups in total. The number of hydrogen-bond donors (Lipinski definition) is 1. The number of ether oxygens (including phenoxy) is 1. The molecule has 2 aromatic rings. The number of nitrogens with zero attached hydrogens (tertiary/aromatic N) is 1. The van der Waals surface area contributed by atoms with Crippen molar-refractivity contribution in [1.29, 1.82) is 0 Å². The van der Waals surface area contributed by atoms with E-state index in [0.717, 1.165) is 5.56 Å². The molecule has 25 heavy (non-hydrogen) atoms. The molecule has 0 saturated carbocycles. The third-order valence-corrected chi connectivity index (χ3v) is 4.04. The predicted octanol–water partition coefficient (Wildman–Crippen LogP) is 5.06. The lowest BCUT2D eigenvalue weighted by atomic mass is 10.0. The highest BCUT2D eigenvalue weighted by Crippen LogP contribution is 2.27. The lowest BCUT2D eigenvalue weighted by Gasteiger charge is -2.08. The Kier molecular flexibility index (Phi) is 7.76. The van der Waals surface area contributed by atoms with Crippen LogP contribution in [0.1, 0.15) is 31.2 Å². The second-order valence-electron chi connectivity index (χ2n) is 5.54. The highest BCUT2D eigenvalue weighted by molar-refractivity contribution is 6.35. The van der Waals surface area contributed by atoms with Crippen molar-refractivity contribution in [2.24, 2.45) is 5.10 Å². The van der Waals surface area contributed by atoms with Gasteiger partial charge in [0.25, 0.3) is 0 Å². The molecule has 0 fully saturated rings. The first-order valence-electron chi connectivity index (χ1n) is 8.01. The lowest BCUT2D eigenvalue weighted by molar-refractivity contribution is -0.121. The van der Waals surface area contributed by atoms with Crippen LogP contribution in [-0.4, -0.2) is 18.7 Å². The van der Waals surface area contributed by atoms with E-state index in [-0.39, 0.29) is 11.8 Å². The Bertz CT molecular complexity index is 721. The predicted molar refractivity (Wildman–Crippen MR) is 103 cm³/mol. The number of carbonyl (C=O) groups is 1. The molecule has 0 aliphatic rings. The fraction of sp³-hybridized carbons (Fsp3) is 0.263. The quantitative estimate of drug-likeness (QED) is 0.396. The fourth-order valence-corrected chi connectivity index (χ4v) is 2.59. The van der Waals surface area contributed by atoms with E-state index >= 15 is 0 Å². The zero-order chi connectivity index (χ0) is 18.1. The number of rotatable bonds is 8. The number of carbonyl (C=O) groups excluding carboxylic acids is 1. The summed E-state index contributed by atoms with van der Waals surface area (Å²) in [6.07, 6.45) is 2.61. The van der Waals surface area contributed by atoms with Crippen molar-refractivity contribution in [3.8, 4) is 5.75 Å². The standard InChI is InChI=1S/C19H20Cl2N2O2/c1-14(15-6-3-2-4-7-15)13-22-23-19(24)8-5-11-25-18-10-9-16(20)12-17(18)21/h2-4,6-7,9-10,12-14H,5,8,11H2,1H3,(H,23,24)/b22-13-/t14-/m0/s1. The molecule has 4 nitrogen and oxygen atoms in total. The molecular formula is C19H20Cl2N2O2. The van der Waals surface area contributed by atoms with Crippen molar-refractivity contribution < 1.29 is 9.53 Å². The van der Waals surface area contributed by atoms with Gasteiger partial charge in [-0.2, -0.15) is 5.10 Å². The van der Waals surface area contributed by atoms with Crippen LogP contribution in [0.2, 0.25) is 10.0 Å². The van der Waals surface area contributed by atoms with E-state index in [4.69, 9.17) is 27.9 Å². The summed E-state index contributed by atoms with van der Waals surface area (Å²) in [7, 11) is 0. The van der Waals surface area contributed by atoms with Crippen LogP contribution in [0.4, 0.5) is 0 Å². The van der Waals surface area contributed by atoms with Gasteiger partial charge >= 0.3 is 0 Å². The molecule has 2 aromatic carbocycles. The number of amides is 1. The largest absolute Gasteiger partial charge is 0.492 e. The third-order valence-electron chi connectivity index (χ3n) is 3.51. The number of hydrogen-bond acceptors (Lipinski definition) is 3.